The predicted octanol–water partition coefficient (Wildman–Crippen LogP) is 3.01. The van der Waals surface area contributed by atoms with Gasteiger partial charge in [0.15, 0.2) is 0 Å². The molecular weight excluding hydrogens is 242 g/mol. The van der Waals surface area contributed by atoms with Crippen LogP contribution in [0.4, 0.5) is 0 Å². The van der Waals surface area contributed by atoms with Gasteiger partial charge in [0.25, 0.3) is 0 Å². The molecule has 0 aliphatic carbocycles. The van der Waals surface area contributed by atoms with E-state index < -0.39 is 6.23 Å². The summed E-state index contributed by atoms with van der Waals surface area (Å²) in [5.41, 5.74) is 1.97. The summed E-state index contributed by atoms with van der Waals surface area (Å²) in [6.07, 6.45) is -0.386. The minimum atomic E-state index is -1.02. The quantitative estimate of drug-likeness (QED) is 0.612. The van der Waals surface area contributed by atoms with Crippen LogP contribution in [0.2, 0.25) is 0 Å². The second-order valence-corrected chi connectivity index (χ2v) is 4.62. The molecule has 0 bridgehead atoms. The maximum absolute atomic E-state index is 11.2. The molecule has 4 nitrogen and oxygen atoms in total. The molecule has 2 unspecified atom stereocenters. The van der Waals surface area contributed by atoms with Gasteiger partial charge < -0.3 is 4.74 Å². The summed E-state index contributed by atoms with van der Waals surface area (Å²) < 4.78 is 5.56. The van der Waals surface area contributed by atoms with Crippen LogP contribution in [-0.4, -0.2) is 11.2 Å². The van der Waals surface area contributed by atoms with Gasteiger partial charge in [-0.15, -0.1) is 0 Å². The first-order chi connectivity index (χ1) is 9.25. The van der Waals surface area contributed by atoms with Crippen LogP contribution in [-0.2, 0) is 6.42 Å². The van der Waals surface area contributed by atoms with Crippen LogP contribution < -0.4 is 4.74 Å². The third kappa shape index (κ3) is 2.17. The Bertz CT molecular complexity index is 597. The molecule has 96 valence electrons. The number of hydrogen-bond acceptors (Lipinski definition) is 3. The summed E-state index contributed by atoms with van der Waals surface area (Å²) in [5, 5.41) is 11.2. The van der Waals surface area contributed by atoms with Gasteiger partial charge in [-0.05, 0) is 23.6 Å². The molecule has 0 N–H and O–H groups in total. The Morgan fingerprint density at radius 3 is 2.47 bits per heavy atom. The highest BCUT2D eigenvalue weighted by Crippen LogP contribution is 2.36. The number of ether oxygens (including phenoxy) is 1. The summed E-state index contributed by atoms with van der Waals surface area (Å²) in [6, 6.07) is 17.0. The zero-order chi connectivity index (χ0) is 13.2. The first-order valence-electron chi connectivity index (χ1n) is 6.19. The van der Waals surface area contributed by atoms with Gasteiger partial charge in [0.1, 0.15) is 5.75 Å². The Morgan fingerprint density at radius 1 is 1.05 bits per heavy atom. The van der Waals surface area contributed by atoms with E-state index in [0.717, 1.165) is 11.1 Å². The Hall–Kier alpha value is -2.36. The van der Waals surface area contributed by atoms with Crippen LogP contribution in [0.25, 0.3) is 0 Å². The SMILES string of the molecule is O=[N+]([O-])C1Oc2ccccc2CC1c1ccccc1. The van der Waals surface area contributed by atoms with Gasteiger partial charge in [-0.1, -0.05) is 48.5 Å². The molecule has 2 aromatic rings. The van der Waals surface area contributed by atoms with Gasteiger partial charge in [-0.25, -0.2) is 0 Å². The average molecular weight is 255 g/mol. The molecule has 0 saturated heterocycles. The van der Waals surface area contributed by atoms with Gasteiger partial charge in [0, 0.05) is 0 Å². The van der Waals surface area contributed by atoms with Crippen molar-refractivity contribution >= 4 is 0 Å². The maximum atomic E-state index is 11.2. The van der Waals surface area contributed by atoms with Crippen molar-refractivity contribution in [1.82, 2.24) is 0 Å². The third-order valence-corrected chi connectivity index (χ3v) is 3.44. The summed E-state index contributed by atoms with van der Waals surface area (Å²) in [7, 11) is 0. The molecular formula is C15H13NO3. The normalized spacial score (nSPS) is 21.3. The van der Waals surface area contributed by atoms with Crippen LogP contribution in [0.1, 0.15) is 17.0 Å². The molecule has 2 atom stereocenters. The molecule has 0 saturated carbocycles. The highest BCUT2D eigenvalue weighted by atomic mass is 16.7. The molecule has 1 aliphatic heterocycles. The van der Waals surface area contributed by atoms with Crippen LogP contribution in [0.3, 0.4) is 0 Å². The summed E-state index contributed by atoms with van der Waals surface area (Å²) in [6.45, 7) is 0. The lowest BCUT2D eigenvalue weighted by Crippen LogP contribution is -2.37. The Labute approximate surface area is 110 Å². The van der Waals surface area contributed by atoms with Crippen molar-refractivity contribution in [2.24, 2.45) is 0 Å². The Balaban J connectivity index is 2.01. The van der Waals surface area contributed by atoms with Crippen LogP contribution >= 0.6 is 0 Å². The van der Waals surface area contributed by atoms with Crippen molar-refractivity contribution in [3.8, 4) is 5.75 Å². The van der Waals surface area contributed by atoms with E-state index in [1.54, 1.807) is 6.07 Å². The van der Waals surface area contributed by atoms with E-state index in [1.807, 2.05) is 48.5 Å². The fraction of sp³-hybridized carbons (Fsp3) is 0.200. The molecule has 0 spiro atoms. The van der Waals surface area contributed by atoms with Gasteiger partial charge in [-0.3, -0.25) is 10.1 Å². The maximum Gasteiger partial charge on any atom is 0.361 e. The summed E-state index contributed by atoms with van der Waals surface area (Å²) in [5.74, 6) is 0.377. The molecule has 0 aromatic heterocycles. The monoisotopic (exact) mass is 255 g/mol. The number of nitrogens with zero attached hydrogens (tertiary/aromatic N) is 1. The average Bonchev–Trinajstić information content (AvgIpc) is 2.46. The Morgan fingerprint density at radius 2 is 1.74 bits per heavy atom. The summed E-state index contributed by atoms with van der Waals surface area (Å²) in [4.78, 5) is 10.9. The first-order valence-corrected chi connectivity index (χ1v) is 6.19. The second kappa shape index (κ2) is 4.72. The van der Waals surface area contributed by atoms with Crippen LogP contribution in [0, 0.1) is 10.1 Å². The second-order valence-electron chi connectivity index (χ2n) is 4.62. The lowest BCUT2D eigenvalue weighted by molar-refractivity contribution is -0.568. The molecule has 0 fully saturated rings. The van der Waals surface area contributed by atoms with Crippen molar-refractivity contribution in [2.75, 3.05) is 0 Å². The van der Waals surface area contributed by atoms with Crippen molar-refractivity contribution in [3.05, 3.63) is 75.8 Å². The minimum Gasteiger partial charge on any atom is -0.429 e. The fourth-order valence-corrected chi connectivity index (χ4v) is 2.51. The van der Waals surface area contributed by atoms with Crippen LogP contribution in [0.15, 0.2) is 54.6 Å². The zero-order valence-corrected chi connectivity index (χ0v) is 10.2. The standard InChI is InChI=1S/C15H13NO3/c17-16(18)15-13(11-6-2-1-3-7-11)10-12-8-4-5-9-14(12)19-15/h1-9,13,15H,10H2. The molecule has 1 aliphatic rings. The van der Waals surface area contributed by atoms with E-state index in [-0.39, 0.29) is 10.8 Å². The molecule has 0 amide bonds. The minimum absolute atomic E-state index is 0.244. The number of benzene rings is 2. The van der Waals surface area contributed by atoms with Crippen molar-refractivity contribution in [1.29, 1.82) is 0 Å². The number of fused-ring (bicyclic) bond motifs is 1. The van der Waals surface area contributed by atoms with E-state index >= 15 is 0 Å². The first kappa shape index (κ1) is 11.7. The van der Waals surface area contributed by atoms with Crippen molar-refractivity contribution in [2.45, 2.75) is 18.6 Å². The van der Waals surface area contributed by atoms with E-state index in [2.05, 4.69) is 0 Å². The van der Waals surface area contributed by atoms with E-state index in [1.165, 1.54) is 0 Å². The molecule has 4 heteroatoms. The van der Waals surface area contributed by atoms with E-state index in [9.17, 15) is 10.1 Å². The molecule has 1 heterocycles. The largest absolute Gasteiger partial charge is 0.429 e. The van der Waals surface area contributed by atoms with Crippen molar-refractivity contribution in [3.63, 3.8) is 0 Å². The van der Waals surface area contributed by atoms with Crippen molar-refractivity contribution < 1.29 is 9.66 Å². The van der Waals surface area contributed by atoms with Gasteiger partial charge >= 0.3 is 6.23 Å². The number of nitro groups is 1. The topological polar surface area (TPSA) is 52.4 Å². The molecule has 0 radical (unpaired) electrons. The molecule has 3 rings (SSSR count). The number of hydrogen-bond donors (Lipinski definition) is 0. The Kier molecular flexibility index (Phi) is 2.91. The lowest BCUT2D eigenvalue weighted by Gasteiger charge is -2.28. The molecule has 19 heavy (non-hydrogen) atoms. The fourth-order valence-electron chi connectivity index (χ4n) is 2.51. The number of para-hydroxylation sites is 1. The van der Waals surface area contributed by atoms with Gasteiger partial charge in [-0.2, -0.15) is 0 Å². The molecule has 2 aromatic carbocycles. The zero-order valence-electron chi connectivity index (χ0n) is 10.2. The van der Waals surface area contributed by atoms with Gasteiger partial charge in [0.2, 0.25) is 0 Å². The van der Waals surface area contributed by atoms with E-state index in [0.29, 0.717) is 12.2 Å². The lowest BCUT2D eigenvalue weighted by atomic mass is 9.88. The smallest absolute Gasteiger partial charge is 0.361 e. The third-order valence-electron chi connectivity index (χ3n) is 3.44. The number of rotatable bonds is 2. The van der Waals surface area contributed by atoms with Gasteiger partial charge in [0.05, 0.1) is 10.8 Å². The highest BCUT2D eigenvalue weighted by Gasteiger charge is 2.39. The van der Waals surface area contributed by atoms with E-state index in [4.69, 9.17) is 4.74 Å². The van der Waals surface area contributed by atoms with Crippen LogP contribution in [0.5, 0.6) is 5.75 Å². The summed E-state index contributed by atoms with van der Waals surface area (Å²) >= 11 is 0. The highest BCUT2D eigenvalue weighted by molar-refractivity contribution is 5.38. The predicted molar refractivity (Wildman–Crippen MR) is 70.7 cm³/mol.